The predicted molar refractivity (Wildman–Crippen MR) is 128 cm³/mol. The molecule has 0 atom stereocenters. The molecule has 164 valence electrons. The summed E-state index contributed by atoms with van der Waals surface area (Å²) in [5.41, 5.74) is 7.17. The number of nitrogens with zero attached hydrogens (tertiary/aromatic N) is 2. The van der Waals surface area contributed by atoms with E-state index in [1.54, 1.807) is 13.3 Å². The van der Waals surface area contributed by atoms with Crippen LogP contribution in [0.4, 0.5) is 17.1 Å². The summed E-state index contributed by atoms with van der Waals surface area (Å²) in [6, 6.07) is 16.7. The van der Waals surface area contributed by atoms with Crippen LogP contribution in [0.1, 0.15) is 34.3 Å². The lowest BCUT2D eigenvalue weighted by Gasteiger charge is -2.23. The number of hydrogen-bond acceptors (Lipinski definition) is 5. The molecule has 4 aromatic rings. The van der Waals surface area contributed by atoms with E-state index in [1.807, 2.05) is 6.07 Å². The van der Waals surface area contributed by atoms with Crippen molar-refractivity contribution in [3.8, 4) is 0 Å². The van der Waals surface area contributed by atoms with Crippen molar-refractivity contribution >= 4 is 34.0 Å². The number of carboxylic acid groups (broad SMARTS) is 1. The summed E-state index contributed by atoms with van der Waals surface area (Å²) in [6.07, 6.45) is 9.77. The first-order chi connectivity index (χ1) is 15.6. The zero-order valence-electron chi connectivity index (χ0n) is 18.3. The lowest BCUT2D eigenvalue weighted by Crippen LogP contribution is -2.11. The molecule has 2 aromatic carbocycles. The summed E-state index contributed by atoms with van der Waals surface area (Å²) in [5, 5.41) is 12.5. The third-order valence-corrected chi connectivity index (χ3v) is 5.87. The highest BCUT2D eigenvalue weighted by molar-refractivity contribution is 5.93. The van der Waals surface area contributed by atoms with E-state index in [0.717, 1.165) is 16.7 Å². The van der Waals surface area contributed by atoms with Crippen molar-refractivity contribution in [2.75, 3.05) is 24.3 Å². The SMILES string of the molecule is CN(c1ccc2c(c1)CCCC2)c1ccc2ccoc2c1.CNc1cnccc1C(=O)O. The number of furan rings is 1. The van der Waals surface area contributed by atoms with E-state index in [0.29, 0.717) is 5.69 Å². The van der Waals surface area contributed by atoms with Gasteiger partial charge in [0.05, 0.1) is 23.7 Å². The molecule has 0 saturated heterocycles. The number of pyridine rings is 1. The maximum atomic E-state index is 10.5. The topological polar surface area (TPSA) is 78.6 Å². The summed E-state index contributed by atoms with van der Waals surface area (Å²) < 4.78 is 5.51. The van der Waals surface area contributed by atoms with Crippen molar-refractivity contribution in [1.82, 2.24) is 4.98 Å². The van der Waals surface area contributed by atoms with Gasteiger partial charge in [0.25, 0.3) is 0 Å². The molecule has 0 radical (unpaired) electrons. The van der Waals surface area contributed by atoms with Crippen LogP contribution in [0.2, 0.25) is 0 Å². The molecule has 5 rings (SSSR count). The number of nitrogens with one attached hydrogen (secondary N) is 1. The number of hydrogen-bond donors (Lipinski definition) is 2. The number of carbonyl (C=O) groups is 1. The molecule has 0 bridgehead atoms. The second kappa shape index (κ2) is 9.56. The Morgan fingerprint density at radius 1 is 1.03 bits per heavy atom. The van der Waals surface area contributed by atoms with Gasteiger partial charge in [-0.2, -0.15) is 0 Å². The molecule has 6 nitrogen and oxygen atoms in total. The molecule has 0 aliphatic heterocycles. The number of fused-ring (bicyclic) bond motifs is 2. The molecule has 2 heterocycles. The van der Waals surface area contributed by atoms with E-state index in [4.69, 9.17) is 9.52 Å². The minimum absolute atomic E-state index is 0.238. The largest absolute Gasteiger partial charge is 0.478 e. The van der Waals surface area contributed by atoms with Gasteiger partial charge in [-0.3, -0.25) is 4.98 Å². The number of anilines is 3. The molecule has 1 aliphatic rings. The molecule has 2 N–H and O–H groups in total. The number of rotatable bonds is 4. The minimum atomic E-state index is -0.947. The van der Waals surface area contributed by atoms with Gasteiger partial charge in [-0.1, -0.05) is 6.07 Å². The van der Waals surface area contributed by atoms with Gasteiger partial charge in [0.1, 0.15) is 5.58 Å². The molecule has 2 aromatic heterocycles. The van der Waals surface area contributed by atoms with Crippen LogP contribution < -0.4 is 10.2 Å². The van der Waals surface area contributed by atoms with Gasteiger partial charge < -0.3 is 19.7 Å². The third kappa shape index (κ3) is 4.59. The first-order valence-corrected chi connectivity index (χ1v) is 10.7. The Kier molecular flexibility index (Phi) is 6.40. The Balaban J connectivity index is 0.000000189. The number of carboxylic acids is 1. The van der Waals surface area contributed by atoms with Crippen LogP contribution in [0.15, 0.2) is 71.6 Å². The standard InChI is InChI=1S/C19H19NO.C7H8N2O2/c1-20(18-9-7-15-10-11-21-19(15)13-18)17-8-6-14-4-2-3-5-16(14)12-17;1-8-6-4-9-3-2-5(6)7(10)11/h6-13H,2-5H2,1H3;2-4,8H,1H3,(H,10,11). The highest BCUT2D eigenvalue weighted by atomic mass is 16.4. The average Bonchev–Trinajstić information content (AvgIpc) is 3.31. The normalized spacial score (nSPS) is 12.4. The smallest absolute Gasteiger partial charge is 0.337 e. The van der Waals surface area contributed by atoms with Crippen molar-refractivity contribution < 1.29 is 14.3 Å². The Hall–Kier alpha value is -3.80. The van der Waals surface area contributed by atoms with E-state index < -0.39 is 5.97 Å². The van der Waals surface area contributed by atoms with Crippen LogP contribution in [0, 0.1) is 0 Å². The van der Waals surface area contributed by atoms with E-state index in [9.17, 15) is 4.79 Å². The van der Waals surface area contributed by atoms with E-state index in [1.165, 1.54) is 61.0 Å². The first kappa shape index (κ1) is 21.4. The Morgan fingerprint density at radius 3 is 2.53 bits per heavy atom. The Labute approximate surface area is 187 Å². The molecule has 32 heavy (non-hydrogen) atoms. The van der Waals surface area contributed by atoms with Gasteiger partial charge in [-0.05, 0) is 73.2 Å². The molecule has 0 saturated carbocycles. The average molecular weight is 430 g/mol. The van der Waals surface area contributed by atoms with Crippen LogP contribution in [0.5, 0.6) is 0 Å². The van der Waals surface area contributed by atoms with Crippen molar-refractivity contribution in [3.05, 3.63) is 83.9 Å². The van der Waals surface area contributed by atoms with Crippen molar-refractivity contribution in [2.24, 2.45) is 0 Å². The van der Waals surface area contributed by atoms with Crippen molar-refractivity contribution in [2.45, 2.75) is 25.7 Å². The molecular formula is C26H27N3O3. The van der Waals surface area contributed by atoms with Crippen molar-refractivity contribution in [3.63, 3.8) is 0 Å². The lowest BCUT2D eigenvalue weighted by atomic mass is 9.91. The summed E-state index contributed by atoms with van der Waals surface area (Å²) in [4.78, 5) is 16.5. The fourth-order valence-corrected chi connectivity index (χ4v) is 4.01. The highest BCUT2D eigenvalue weighted by Crippen LogP contribution is 2.31. The Morgan fingerprint density at radius 2 is 1.78 bits per heavy atom. The van der Waals surface area contributed by atoms with Crippen molar-refractivity contribution in [1.29, 1.82) is 0 Å². The second-order valence-corrected chi connectivity index (χ2v) is 7.84. The zero-order valence-corrected chi connectivity index (χ0v) is 18.3. The molecule has 6 heteroatoms. The number of aromatic nitrogens is 1. The molecular weight excluding hydrogens is 402 g/mol. The number of aryl methyl sites for hydroxylation is 2. The third-order valence-electron chi connectivity index (χ3n) is 5.87. The molecule has 0 fully saturated rings. The van der Waals surface area contributed by atoms with Crippen LogP contribution in [-0.2, 0) is 12.8 Å². The number of benzene rings is 2. The quantitative estimate of drug-likeness (QED) is 0.420. The van der Waals surface area contributed by atoms with Crippen LogP contribution in [-0.4, -0.2) is 30.2 Å². The van der Waals surface area contributed by atoms with E-state index in [-0.39, 0.29) is 5.56 Å². The molecule has 0 spiro atoms. The van der Waals surface area contributed by atoms with Gasteiger partial charge in [-0.15, -0.1) is 0 Å². The van der Waals surface area contributed by atoms with Crippen LogP contribution >= 0.6 is 0 Å². The van der Waals surface area contributed by atoms with Gasteiger partial charge in [0.2, 0.25) is 0 Å². The van der Waals surface area contributed by atoms with Gasteiger partial charge in [0.15, 0.2) is 0 Å². The van der Waals surface area contributed by atoms with Gasteiger partial charge in [0, 0.05) is 43.1 Å². The maximum absolute atomic E-state index is 10.5. The molecule has 0 unspecified atom stereocenters. The zero-order chi connectivity index (χ0) is 22.5. The van der Waals surface area contributed by atoms with Crippen LogP contribution in [0.3, 0.4) is 0 Å². The summed E-state index contributed by atoms with van der Waals surface area (Å²) >= 11 is 0. The lowest BCUT2D eigenvalue weighted by molar-refractivity contribution is 0.0698. The van der Waals surface area contributed by atoms with E-state index in [2.05, 4.69) is 58.6 Å². The van der Waals surface area contributed by atoms with Gasteiger partial charge in [-0.25, -0.2) is 4.79 Å². The Bertz CT molecular complexity index is 1230. The minimum Gasteiger partial charge on any atom is -0.478 e. The van der Waals surface area contributed by atoms with Gasteiger partial charge >= 0.3 is 5.97 Å². The summed E-state index contributed by atoms with van der Waals surface area (Å²) in [6.45, 7) is 0. The molecule has 0 amide bonds. The summed E-state index contributed by atoms with van der Waals surface area (Å²) in [7, 11) is 3.78. The fraction of sp³-hybridized carbons (Fsp3) is 0.231. The molecule has 1 aliphatic carbocycles. The maximum Gasteiger partial charge on any atom is 0.337 e. The highest BCUT2D eigenvalue weighted by Gasteiger charge is 2.12. The van der Waals surface area contributed by atoms with Crippen LogP contribution in [0.25, 0.3) is 11.0 Å². The second-order valence-electron chi connectivity index (χ2n) is 7.84. The van der Waals surface area contributed by atoms with E-state index >= 15 is 0 Å². The predicted octanol–water partition coefficient (Wildman–Crippen LogP) is 5.90. The first-order valence-electron chi connectivity index (χ1n) is 10.7. The summed E-state index contributed by atoms with van der Waals surface area (Å²) in [5.74, 6) is -0.947. The fourth-order valence-electron chi connectivity index (χ4n) is 4.01. The number of aromatic carboxylic acids is 1. The monoisotopic (exact) mass is 429 g/mol.